The lowest BCUT2D eigenvalue weighted by molar-refractivity contribution is 0.568. The van der Waals surface area contributed by atoms with Gasteiger partial charge < -0.3 is 14.4 Å². The summed E-state index contributed by atoms with van der Waals surface area (Å²) in [7, 11) is 0. The Balaban J connectivity index is 1.08. The molecule has 2 aliphatic heterocycles. The van der Waals surface area contributed by atoms with E-state index in [1.54, 1.807) is 0 Å². The van der Waals surface area contributed by atoms with Crippen LogP contribution in [0.1, 0.15) is 158 Å². The lowest BCUT2D eigenvalue weighted by atomic mass is 9.33. The van der Waals surface area contributed by atoms with Crippen LogP contribution < -0.4 is 26.2 Å². The van der Waals surface area contributed by atoms with Gasteiger partial charge in [0, 0.05) is 67.0 Å². The molecule has 118 heavy (non-hydrogen) atoms. The highest BCUT2D eigenvalue weighted by atomic mass is 15.2. The van der Waals surface area contributed by atoms with E-state index >= 15 is 0 Å². The molecule has 15 aromatic carbocycles. The predicted molar refractivity (Wildman–Crippen MR) is 510 cm³/mol. The molecule has 582 valence electrons. The number of aromatic nitrogens is 1. The van der Waals surface area contributed by atoms with Gasteiger partial charge in [0.25, 0.3) is 6.71 Å². The number of fused-ring (bicyclic) bond motifs is 7. The monoisotopic (exact) mass is 1530 g/mol. The molecule has 3 nitrogen and oxygen atoms in total. The van der Waals surface area contributed by atoms with E-state index in [2.05, 4.69) is 467 Å². The van der Waals surface area contributed by atoms with Crippen LogP contribution in [-0.2, 0) is 32.5 Å². The maximum atomic E-state index is 2.77. The molecule has 3 heterocycles. The number of anilines is 6. The van der Waals surface area contributed by atoms with Crippen LogP contribution in [0, 0.1) is 0 Å². The minimum Gasteiger partial charge on any atom is -0.310 e. The third kappa shape index (κ3) is 13.9. The summed E-state index contributed by atoms with van der Waals surface area (Å²) in [5.41, 5.74) is 39.2. The normalized spacial score (nSPS) is 13.1. The van der Waals surface area contributed by atoms with Gasteiger partial charge in [0.2, 0.25) is 0 Å². The molecule has 4 heteroatoms. The molecule has 0 radical (unpaired) electrons. The fraction of sp³-hybridized carbons (Fsp3) is 0.211. The maximum Gasteiger partial charge on any atom is 0.252 e. The number of para-hydroxylation sites is 2. The van der Waals surface area contributed by atoms with Crippen LogP contribution >= 0.6 is 0 Å². The second-order valence-electron chi connectivity index (χ2n) is 39.5. The highest BCUT2D eigenvalue weighted by Crippen LogP contribution is 2.57. The van der Waals surface area contributed by atoms with Crippen molar-refractivity contribution < 1.29 is 0 Å². The van der Waals surface area contributed by atoms with Crippen LogP contribution in [0.5, 0.6) is 0 Å². The van der Waals surface area contributed by atoms with E-state index in [4.69, 9.17) is 0 Å². The lowest BCUT2D eigenvalue weighted by Crippen LogP contribution is -2.61. The van der Waals surface area contributed by atoms with E-state index in [-0.39, 0.29) is 39.2 Å². The predicted octanol–water partition coefficient (Wildman–Crippen LogP) is 30.0. The molecule has 0 fully saturated rings. The van der Waals surface area contributed by atoms with Crippen molar-refractivity contribution in [3.63, 3.8) is 0 Å². The molecule has 2 aliphatic rings. The van der Waals surface area contributed by atoms with E-state index in [9.17, 15) is 0 Å². The first-order chi connectivity index (χ1) is 56.3. The molecule has 0 saturated carbocycles. The van der Waals surface area contributed by atoms with Gasteiger partial charge in [-0.2, -0.15) is 0 Å². The van der Waals surface area contributed by atoms with Crippen molar-refractivity contribution in [1.29, 1.82) is 0 Å². The molecule has 0 amide bonds. The quantitative estimate of drug-likeness (QED) is 0.120. The summed E-state index contributed by atoms with van der Waals surface area (Å²) in [6.45, 7) is 42.3. The molecule has 1 aromatic heterocycles. The highest BCUT2D eigenvalue weighted by Gasteiger charge is 2.47. The average molecular weight is 1530 g/mol. The zero-order chi connectivity index (χ0) is 82.3. The Kier molecular flexibility index (Phi) is 18.8. The molecule has 0 saturated heterocycles. The fourth-order valence-corrected chi connectivity index (χ4v) is 18.2. The van der Waals surface area contributed by atoms with E-state index in [1.807, 2.05) is 0 Å². The van der Waals surface area contributed by atoms with Crippen molar-refractivity contribution in [3.05, 3.63) is 361 Å². The number of rotatable bonds is 11. The van der Waals surface area contributed by atoms with Crippen LogP contribution in [0.4, 0.5) is 34.1 Å². The molecule has 0 aliphatic carbocycles. The maximum absolute atomic E-state index is 2.77. The van der Waals surface area contributed by atoms with Gasteiger partial charge in [-0.1, -0.05) is 373 Å². The third-order valence-electron chi connectivity index (χ3n) is 25.0. The number of nitrogens with zero attached hydrogens (tertiary/aromatic N) is 3. The van der Waals surface area contributed by atoms with Crippen molar-refractivity contribution >= 4 is 79.0 Å². The van der Waals surface area contributed by atoms with Gasteiger partial charge in [-0.3, -0.25) is 0 Å². The Bertz CT molecular complexity index is 6080. The first kappa shape index (κ1) is 77.0. The Morgan fingerprint density at radius 2 is 0.500 bits per heavy atom. The molecule has 0 N–H and O–H groups in total. The van der Waals surface area contributed by atoms with Gasteiger partial charge in [0.15, 0.2) is 0 Å². The third-order valence-corrected chi connectivity index (χ3v) is 25.0. The minimum absolute atomic E-state index is 0.126. The second kappa shape index (κ2) is 28.8. The number of hydrogen-bond acceptors (Lipinski definition) is 2. The molecular weight excluding hydrogens is 1420 g/mol. The minimum atomic E-state index is -0.286. The number of hydrogen-bond donors (Lipinski definition) is 0. The molecule has 18 rings (SSSR count). The molecule has 0 bridgehead atoms. The van der Waals surface area contributed by atoms with E-state index < -0.39 is 0 Å². The lowest BCUT2D eigenvalue weighted by Gasteiger charge is -2.46. The van der Waals surface area contributed by atoms with Crippen molar-refractivity contribution in [3.8, 4) is 94.7 Å². The van der Waals surface area contributed by atoms with Crippen molar-refractivity contribution in [1.82, 2.24) is 4.57 Å². The summed E-state index contributed by atoms with van der Waals surface area (Å²) in [4.78, 5) is 5.54. The summed E-state index contributed by atoms with van der Waals surface area (Å²) in [6, 6.07) is 127. The molecule has 16 aromatic rings. The molecule has 0 unspecified atom stereocenters. The Morgan fingerprint density at radius 1 is 0.212 bits per heavy atom. The van der Waals surface area contributed by atoms with Gasteiger partial charge >= 0.3 is 0 Å². The van der Waals surface area contributed by atoms with Crippen molar-refractivity contribution in [2.75, 3.05) is 9.80 Å². The van der Waals surface area contributed by atoms with E-state index in [0.29, 0.717) is 0 Å². The first-order valence-corrected chi connectivity index (χ1v) is 42.5. The number of benzene rings is 15. The summed E-state index contributed by atoms with van der Waals surface area (Å²) >= 11 is 0. The molecular formula is C114H108BN3. The largest absolute Gasteiger partial charge is 0.310 e. The van der Waals surface area contributed by atoms with Crippen LogP contribution in [0.3, 0.4) is 0 Å². The topological polar surface area (TPSA) is 11.4 Å². The zero-order valence-corrected chi connectivity index (χ0v) is 72.1. The average Bonchev–Trinajstić information content (AvgIpc) is 0.796. The van der Waals surface area contributed by atoms with Crippen molar-refractivity contribution in [2.45, 2.75) is 157 Å². The zero-order valence-electron chi connectivity index (χ0n) is 72.1. The highest BCUT2D eigenvalue weighted by molar-refractivity contribution is 7.00. The van der Waals surface area contributed by atoms with Gasteiger partial charge in [0.05, 0.1) is 22.4 Å². The molecule has 0 atom stereocenters. The smallest absolute Gasteiger partial charge is 0.252 e. The second-order valence-corrected chi connectivity index (χ2v) is 39.5. The SMILES string of the molecule is CC(C)(C)c1cc(-c2ccc3c(c2)N(c2c(-c4ccccc4)cc(C(C)(C)C)cc2-c2ccccc2)c2cc(-c4cc(-c5ccccc5)c5c(c4)c4ccccc4n5-c4ccccc4)cc4c2B3c2ccc(-c3cc(C(C)(C)C)cc(C(C)(C)C)c3)cc2N4c2c(-c3ccccc3)cc(C(C)(C)C)cc2-c2ccccc2)cc(C(C)(C)C)c1. The summed E-state index contributed by atoms with van der Waals surface area (Å²) in [5, 5.41) is 2.38. The summed E-state index contributed by atoms with van der Waals surface area (Å²) in [6.07, 6.45) is 0. The van der Waals surface area contributed by atoms with Gasteiger partial charge in [0.1, 0.15) is 0 Å². The van der Waals surface area contributed by atoms with Crippen LogP contribution in [-0.4, -0.2) is 11.3 Å². The fourth-order valence-electron chi connectivity index (χ4n) is 18.2. The van der Waals surface area contributed by atoms with Crippen LogP contribution in [0.2, 0.25) is 0 Å². The van der Waals surface area contributed by atoms with E-state index in [1.165, 1.54) is 88.3 Å². The Morgan fingerprint density at radius 3 is 0.847 bits per heavy atom. The molecule has 0 spiro atoms. The van der Waals surface area contributed by atoms with Crippen LogP contribution in [0.15, 0.2) is 328 Å². The van der Waals surface area contributed by atoms with E-state index in [0.717, 1.165) is 112 Å². The Labute approximate surface area is 701 Å². The first-order valence-electron chi connectivity index (χ1n) is 42.5. The van der Waals surface area contributed by atoms with Crippen molar-refractivity contribution in [2.24, 2.45) is 0 Å². The summed E-state index contributed by atoms with van der Waals surface area (Å²) in [5.74, 6) is 0. The van der Waals surface area contributed by atoms with Gasteiger partial charge in [-0.15, -0.1) is 0 Å². The van der Waals surface area contributed by atoms with Gasteiger partial charge in [-0.05, 0) is 222 Å². The Hall–Kier alpha value is -12.2. The van der Waals surface area contributed by atoms with Crippen LogP contribution in [0.25, 0.3) is 117 Å². The van der Waals surface area contributed by atoms with Gasteiger partial charge in [-0.25, -0.2) is 0 Å². The summed E-state index contributed by atoms with van der Waals surface area (Å²) < 4.78 is 2.50. The standard InChI is InChI=1S/C114H108BN3/c1-109(2,3)84-57-80(58-85(67-84)110(4,5)6)78-53-55-98-101(63-78)117(106-93(74-41-27-20-28-42-74)69-88(113(13,14)15)70-94(106)75-43-29-21-30-44-75)103-65-83(82-61-92(73-39-25-19-26-40-73)108-97(62-82)91-51-37-38-52-100(91)116(108)90-49-35-24-36-50-90)66-104-105(103)115(98)99-56-54-79(81-59-86(111(7,8)9)68-87(60-81)112(10,11)12)64-102(99)118(104)107-95(76-45-31-22-32-46-76)71-89(114(16,17)18)72-96(107)77-47-33-23-34-48-77/h19-72H,1-18H3.